The van der Waals surface area contributed by atoms with Gasteiger partial charge >= 0.3 is 5.97 Å². The van der Waals surface area contributed by atoms with Crippen LogP contribution in [0.3, 0.4) is 0 Å². The Hall–Kier alpha value is -1.69. The summed E-state index contributed by atoms with van der Waals surface area (Å²) in [5.74, 6) is -0.431. The predicted octanol–water partition coefficient (Wildman–Crippen LogP) is 1.80. The molecule has 84 valence electrons. The van der Waals surface area contributed by atoms with Crippen molar-refractivity contribution in [2.45, 2.75) is 12.8 Å². The maximum atomic E-state index is 11.4. The van der Waals surface area contributed by atoms with Gasteiger partial charge in [0.2, 0.25) is 0 Å². The van der Waals surface area contributed by atoms with Gasteiger partial charge in [-0.15, -0.1) is 16.4 Å². The van der Waals surface area contributed by atoms with E-state index in [0.29, 0.717) is 5.69 Å². The molecule has 1 N–H and O–H groups in total. The lowest BCUT2D eigenvalue weighted by atomic mass is 10.0. The number of hydrogen-bond donors (Lipinski definition) is 1. The van der Waals surface area contributed by atoms with E-state index in [2.05, 4.69) is 20.1 Å². The second-order valence-corrected chi connectivity index (χ2v) is 4.27. The molecule has 0 aliphatic heterocycles. The molecular weight excluding hydrogens is 226 g/mol. The average molecular weight is 237 g/mol. The molecule has 0 aromatic carbocycles. The van der Waals surface area contributed by atoms with Crippen LogP contribution in [0.4, 0.5) is 0 Å². The van der Waals surface area contributed by atoms with Gasteiger partial charge in [-0.25, -0.2) is 4.79 Å². The lowest BCUT2D eigenvalue weighted by molar-refractivity contribution is 0.0592. The van der Waals surface area contributed by atoms with Crippen LogP contribution in [-0.2, 0) is 4.74 Å². The SMILES string of the molecule is COC(=O)c1n[nH]nc1C(C)c1cccs1. The van der Waals surface area contributed by atoms with E-state index in [1.165, 1.54) is 7.11 Å². The standard InChI is InChI=1S/C10H11N3O2S/c1-6(7-4-3-5-16-7)8-9(10(14)15-2)12-13-11-8/h3-6H,1-2H3,(H,11,12,13). The Kier molecular flexibility index (Phi) is 3.00. The third-order valence-corrected chi connectivity index (χ3v) is 3.39. The zero-order valence-corrected chi connectivity index (χ0v) is 9.75. The van der Waals surface area contributed by atoms with Crippen LogP contribution in [0.1, 0.15) is 33.9 Å². The van der Waals surface area contributed by atoms with Crippen molar-refractivity contribution in [3.05, 3.63) is 33.8 Å². The van der Waals surface area contributed by atoms with Crippen molar-refractivity contribution in [1.82, 2.24) is 15.4 Å². The van der Waals surface area contributed by atoms with Crippen molar-refractivity contribution < 1.29 is 9.53 Å². The number of hydrogen-bond acceptors (Lipinski definition) is 5. The quantitative estimate of drug-likeness (QED) is 0.826. The molecule has 0 radical (unpaired) electrons. The largest absolute Gasteiger partial charge is 0.464 e. The second kappa shape index (κ2) is 4.44. The number of nitrogens with zero attached hydrogens (tertiary/aromatic N) is 2. The summed E-state index contributed by atoms with van der Waals surface area (Å²) in [6.07, 6.45) is 0. The maximum absolute atomic E-state index is 11.4. The number of carbonyl (C=O) groups is 1. The molecule has 0 spiro atoms. The molecule has 1 unspecified atom stereocenters. The first-order valence-corrected chi connectivity index (χ1v) is 5.64. The van der Waals surface area contributed by atoms with E-state index >= 15 is 0 Å². The van der Waals surface area contributed by atoms with Crippen LogP contribution in [0.15, 0.2) is 17.5 Å². The number of methoxy groups -OCH3 is 1. The molecule has 2 heterocycles. The van der Waals surface area contributed by atoms with Gasteiger partial charge in [-0.1, -0.05) is 13.0 Å². The fourth-order valence-corrected chi connectivity index (χ4v) is 2.25. The molecule has 0 fully saturated rings. The van der Waals surface area contributed by atoms with E-state index in [4.69, 9.17) is 0 Å². The third kappa shape index (κ3) is 1.83. The summed E-state index contributed by atoms with van der Waals surface area (Å²) in [5.41, 5.74) is 0.873. The average Bonchev–Trinajstić information content (AvgIpc) is 2.97. The zero-order valence-electron chi connectivity index (χ0n) is 8.93. The molecule has 2 aromatic heterocycles. The van der Waals surface area contributed by atoms with Crippen LogP contribution in [0.5, 0.6) is 0 Å². The van der Waals surface area contributed by atoms with Crippen molar-refractivity contribution in [3.8, 4) is 0 Å². The van der Waals surface area contributed by atoms with Gasteiger partial charge in [0.15, 0.2) is 5.69 Å². The maximum Gasteiger partial charge on any atom is 0.360 e. The first kappa shape index (κ1) is 10.8. The minimum atomic E-state index is -0.466. The summed E-state index contributed by atoms with van der Waals surface area (Å²) in [4.78, 5) is 12.6. The van der Waals surface area contributed by atoms with Crippen molar-refractivity contribution in [2.24, 2.45) is 0 Å². The lowest BCUT2D eigenvalue weighted by Crippen LogP contribution is -2.08. The first-order chi connectivity index (χ1) is 7.74. The van der Waals surface area contributed by atoms with Crippen LogP contribution in [-0.4, -0.2) is 28.5 Å². The minimum absolute atomic E-state index is 0.0350. The van der Waals surface area contributed by atoms with Gasteiger partial charge in [0.05, 0.1) is 7.11 Å². The molecule has 0 saturated carbocycles. The van der Waals surface area contributed by atoms with Crippen molar-refractivity contribution in [3.63, 3.8) is 0 Å². The molecular formula is C10H11N3O2S. The number of aromatic nitrogens is 3. The van der Waals surface area contributed by atoms with Crippen LogP contribution in [0.25, 0.3) is 0 Å². The number of esters is 1. The normalized spacial score (nSPS) is 12.4. The van der Waals surface area contributed by atoms with Gasteiger partial charge < -0.3 is 4.74 Å². The Balaban J connectivity index is 2.34. The van der Waals surface area contributed by atoms with E-state index in [1.54, 1.807) is 11.3 Å². The lowest BCUT2D eigenvalue weighted by Gasteiger charge is -2.06. The predicted molar refractivity (Wildman–Crippen MR) is 59.6 cm³/mol. The third-order valence-electron chi connectivity index (χ3n) is 2.33. The van der Waals surface area contributed by atoms with E-state index in [0.717, 1.165) is 4.88 Å². The number of aromatic amines is 1. The highest BCUT2D eigenvalue weighted by molar-refractivity contribution is 7.10. The number of carbonyl (C=O) groups excluding carboxylic acids is 1. The summed E-state index contributed by atoms with van der Waals surface area (Å²) in [5, 5.41) is 12.3. The molecule has 0 aliphatic rings. The van der Waals surface area contributed by atoms with Crippen LogP contribution in [0.2, 0.25) is 0 Å². The number of nitrogens with one attached hydrogen (secondary N) is 1. The van der Waals surface area contributed by atoms with Gasteiger partial charge in [0.25, 0.3) is 0 Å². The Morgan fingerprint density at radius 1 is 1.56 bits per heavy atom. The second-order valence-electron chi connectivity index (χ2n) is 3.29. The Bertz CT molecular complexity index is 478. The number of thiophene rings is 1. The fourth-order valence-electron chi connectivity index (χ4n) is 1.46. The minimum Gasteiger partial charge on any atom is -0.464 e. The van der Waals surface area contributed by atoms with Crippen LogP contribution >= 0.6 is 11.3 Å². The summed E-state index contributed by atoms with van der Waals surface area (Å²) in [7, 11) is 1.33. The summed E-state index contributed by atoms with van der Waals surface area (Å²) < 4.78 is 4.64. The number of ether oxygens (including phenoxy) is 1. The molecule has 2 aromatic rings. The molecule has 1 atom stereocenters. The summed E-state index contributed by atoms with van der Waals surface area (Å²) in [6, 6.07) is 3.97. The molecule has 0 aliphatic carbocycles. The van der Waals surface area contributed by atoms with Gasteiger partial charge in [0.1, 0.15) is 5.69 Å². The molecule has 5 nitrogen and oxygen atoms in total. The Morgan fingerprint density at radius 2 is 2.38 bits per heavy atom. The topological polar surface area (TPSA) is 67.9 Å². The smallest absolute Gasteiger partial charge is 0.360 e. The monoisotopic (exact) mass is 237 g/mol. The summed E-state index contributed by atoms with van der Waals surface area (Å²) in [6.45, 7) is 1.98. The van der Waals surface area contributed by atoms with Crippen molar-refractivity contribution in [2.75, 3.05) is 7.11 Å². The highest BCUT2D eigenvalue weighted by Gasteiger charge is 2.23. The van der Waals surface area contributed by atoms with E-state index in [-0.39, 0.29) is 11.6 Å². The number of rotatable bonds is 3. The van der Waals surface area contributed by atoms with Gasteiger partial charge in [-0.05, 0) is 11.4 Å². The molecule has 0 saturated heterocycles. The van der Waals surface area contributed by atoms with E-state index in [1.807, 2.05) is 24.4 Å². The summed E-state index contributed by atoms with van der Waals surface area (Å²) >= 11 is 1.62. The molecule has 16 heavy (non-hydrogen) atoms. The van der Waals surface area contributed by atoms with Gasteiger partial charge in [-0.2, -0.15) is 10.3 Å². The Labute approximate surface area is 96.4 Å². The van der Waals surface area contributed by atoms with E-state index in [9.17, 15) is 4.79 Å². The van der Waals surface area contributed by atoms with E-state index < -0.39 is 5.97 Å². The molecule has 0 bridgehead atoms. The first-order valence-electron chi connectivity index (χ1n) is 4.76. The van der Waals surface area contributed by atoms with Gasteiger partial charge in [-0.3, -0.25) is 0 Å². The van der Waals surface area contributed by atoms with Crippen molar-refractivity contribution >= 4 is 17.3 Å². The highest BCUT2D eigenvalue weighted by Crippen LogP contribution is 2.27. The molecule has 2 rings (SSSR count). The highest BCUT2D eigenvalue weighted by atomic mass is 32.1. The van der Waals surface area contributed by atoms with Crippen LogP contribution < -0.4 is 0 Å². The number of H-pyrrole nitrogens is 1. The molecule has 0 amide bonds. The fraction of sp³-hybridized carbons (Fsp3) is 0.300. The van der Waals surface area contributed by atoms with Crippen molar-refractivity contribution in [1.29, 1.82) is 0 Å². The van der Waals surface area contributed by atoms with Crippen LogP contribution in [0, 0.1) is 0 Å². The zero-order chi connectivity index (χ0) is 11.5. The van der Waals surface area contributed by atoms with Gasteiger partial charge in [0, 0.05) is 10.8 Å². The Morgan fingerprint density at radius 3 is 3.00 bits per heavy atom. The molecule has 6 heteroatoms.